The van der Waals surface area contributed by atoms with Crippen LogP contribution in [-0.4, -0.2) is 14.9 Å². The first-order valence-corrected chi connectivity index (χ1v) is 7.07. The molecular weight excluding hydrogens is 236 g/mol. The topological polar surface area (TPSA) is 38.0 Å². The minimum absolute atomic E-state index is 0.296. The highest BCUT2D eigenvalue weighted by atomic mass is 16.3. The highest BCUT2D eigenvalue weighted by Gasteiger charge is 2.19. The molecule has 0 aliphatic heterocycles. The Hall–Kier alpha value is -1.77. The van der Waals surface area contributed by atoms with Gasteiger partial charge < -0.3 is 5.11 Å². The molecule has 3 rings (SSSR count). The summed E-state index contributed by atoms with van der Waals surface area (Å²) in [6, 6.07) is 7.26. The number of aryl methyl sites for hydroxylation is 1. The fourth-order valence-electron chi connectivity index (χ4n) is 3.01. The molecule has 0 radical (unpaired) electrons. The van der Waals surface area contributed by atoms with E-state index in [1.807, 2.05) is 23.0 Å². The monoisotopic (exact) mass is 256 g/mol. The molecule has 100 valence electrons. The van der Waals surface area contributed by atoms with Crippen LogP contribution in [0.5, 0.6) is 5.75 Å². The van der Waals surface area contributed by atoms with Crippen molar-refractivity contribution in [2.45, 2.75) is 39.0 Å². The Morgan fingerprint density at radius 1 is 1.21 bits per heavy atom. The van der Waals surface area contributed by atoms with Gasteiger partial charge in [0.2, 0.25) is 0 Å². The lowest BCUT2D eigenvalue weighted by Gasteiger charge is -2.13. The minimum Gasteiger partial charge on any atom is -0.508 e. The molecule has 0 bridgehead atoms. The van der Waals surface area contributed by atoms with E-state index in [9.17, 15) is 5.11 Å². The third kappa shape index (κ3) is 2.50. The molecule has 0 unspecified atom stereocenters. The van der Waals surface area contributed by atoms with Gasteiger partial charge in [-0.3, -0.25) is 0 Å². The molecule has 1 aromatic carbocycles. The quantitative estimate of drug-likeness (QED) is 0.910. The zero-order valence-electron chi connectivity index (χ0n) is 11.3. The van der Waals surface area contributed by atoms with Crippen molar-refractivity contribution < 1.29 is 5.11 Å². The van der Waals surface area contributed by atoms with Gasteiger partial charge in [0.25, 0.3) is 0 Å². The van der Waals surface area contributed by atoms with Crippen LogP contribution in [0.1, 0.15) is 36.9 Å². The number of rotatable bonds is 3. The molecule has 1 aliphatic carbocycles. The number of phenolic OH excluding ortho intramolecular Hbond substituents is 1. The van der Waals surface area contributed by atoms with Crippen molar-refractivity contribution in [2.75, 3.05) is 0 Å². The Morgan fingerprint density at radius 3 is 2.58 bits per heavy atom. The van der Waals surface area contributed by atoms with Crippen molar-refractivity contribution >= 4 is 0 Å². The molecule has 3 nitrogen and oxygen atoms in total. The van der Waals surface area contributed by atoms with Crippen LogP contribution in [-0.2, 0) is 6.42 Å². The molecule has 0 spiro atoms. The summed E-state index contributed by atoms with van der Waals surface area (Å²) in [6.07, 6.45) is 8.50. The van der Waals surface area contributed by atoms with Crippen molar-refractivity contribution in [3.8, 4) is 11.4 Å². The molecule has 1 heterocycles. The Labute approximate surface area is 113 Å². The maximum absolute atomic E-state index is 9.38. The van der Waals surface area contributed by atoms with Crippen LogP contribution in [0, 0.1) is 12.8 Å². The summed E-state index contributed by atoms with van der Waals surface area (Å²) in [5, 5.41) is 13.9. The van der Waals surface area contributed by atoms with Crippen LogP contribution in [0.25, 0.3) is 5.69 Å². The zero-order valence-corrected chi connectivity index (χ0v) is 11.3. The fourth-order valence-corrected chi connectivity index (χ4v) is 3.01. The van der Waals surface area contributed by atoms with Crippen molar-refractivity contribution in [1.29, 1.82) is 0 Å². The first-order chi connectivity index (χ1) is 9.24. The van der Waals surface area contributed by atoms with E-state index in [1.54, 1.807) is 12.1 Å². The Balaban J connectivity index is 1.91. The van der Waals surface area contributed by atoms with E-state index in [4.69, 9.17) is 0 Å². The van der Waals surface area contributed by atoms with E-state index in [0.29, 0.717) is 5.75 Å². The second kappa shape index (κ2) is 5.08. The Bertz CT molecular complexity index is 551. The first kappa shape index (κ1) is 12.3. The number of hydrogen-bond donors (Lipinski definition) is 1. The average Bonchev–Trinajstić information content (AvgIpc) is 3.03. The van der Waals surface area contributed by atoms with Gasteiger partial charge in [-0.05, 0) is 49.1 Å². The molecule has 0 amide bonds. The van der Waals surface area contributed by atoms with Gasteiger partial charge in [-0.15, -0.1) is 0 Å². The summed E-state index contributed by atoms with van der Waals surface area (Å²) in [5.74, 6) is 1.11. The van der Waals surface area contributed by atoms with Crippen LogP contribution < -0.4 is 0 Å². The maximum Gasteiger partial charge on any atom is 0.115 e. The lowest BCUT2D eigenvalue weighted by Crippen LogP contribution is -2.08. The lowest BCUT2D eigenvalue weighted by atomic mass is 10.00. The van der Waals surface area contributed by atoms with Crippen LogP contribution in [0.15, 0.2) is 30.5 Å². The number of benzene rings is 1. The SMILES string of the molecule is Cc1cnn(-c2ccc(O)cc2)c1CC1CCCC1. The summed E-state index contributed by atoms with van der Waals surface area (Å²) in [5.41, 5.74) is 3.61. The molecule has 0 atom stereocenters. The normalized spacial score (nSPS) is 16.1. The molecule has 3 heteroatoms. The zero-order chi connectivity index (χ0) is 13.2. The van der Waals surface area contributed by atoms with Gasteiger partial charge in [0.1, 0.15) is 5.75 Å². The Morgan fingerprint density at radius 2 is 1.89 bits per heavy atom. The highest BCUT2D eigenvalue weighted by Crippen LogP contribution is 2.29. The second-order valence-corrected chi connectivity index (χ2v) is 5.56. The van der Waals surface area contributed by atoms with Gasteiger partial charge in [-0.25, -0.2) is 4.68 Å². The standard InChI is InChI=1S/C16H20N2O/c1-12-11-17-18(14-6-8-15(19)9-7-14)16(12)10-13-4-2-3-5-13/h6-9,11,13,19H,2-5,10H2,1H3. The van der Waals surface area contributed by atoms with Gasteiger partial charge in [0.15, 0.2) is 0 Å². The fraction of sp³-hybridized carbons (Fsp3) is 0.438. The van der Waals surface area contributed by atoms with E-state index in [2.05, 4.69) is 12.0 Å². The van der Waals surface area contributed by atoms with E-state index >= 15 is 0 Å². The Kier molecular flexibility index (Phi) is 3.28. The molecule has 1 saturated carbocycles. The van der Waals surface area contributed by atoms with E-state index < -0.39 is 0 Å². The van der Waals surface area contributed by atoms with Crippen molar-refractivity contribution in [1.82, 2.24) is 9.78 Å². The molecule has 1 N–H and O–H groups in total. The summed E-state index contributed by atoms with van der Waals surface area (Å²) < 4.78 is 2.02. The predicted molar refractivity (Wildman–Crippen MR) is 75.6 cm³/mol. The number of aromatic nitrogens is 2. The van der Waals surface area contributed by atoms with Gasteiger partial charge in [0, 0.05) is 5.69 Å². The molecule has 19 heavy (non-hydrogen) atoms. The van der Waals surface area contributed by atoms with Gasteiger partial charge in [0.05, 0.1) is 11.9 Å². The van der Waals surface area contributed by atoms with E-state index in [0.717, 1.165) is 18.0 Å². The molecular formula is C16H20N2O. The van der Waals surface area contributed by atoms with E-state index in [-0.39, 0.29) is 0 Å². The van der Waals surface area contributed by atoms with Crippen LogP contribution in [0.3, 0.4) is 0 Å². The second-order valence-electron chi connectivity index (χ2n) is 5.56. The average molecular weight is 256 g/mol. The summed E-state index contributed by atoms with van der Waals surface area (Å²) in [7, 11) is 0. The molecule has 1 aromatic heterocycles. The smallest absolute Gasteiger partial charge is 0.115 e. The minimum atomic E-state index is 0.296. The van der Waals surface area contributed by atoms with Crippen LogP contribution in [0.2, 0.25) is 0 Å². The number of phenols is 1. The van der Waals surface area contributed by atoms with Gasteiger partial charge in [-0.1, -0.05) is 25.7 Å². The summed E-state index contributed by atoms with van der Waals surface area (Å²) >= 11 is 0. The van der Waals surface area contributed by atoms with E-state index in [1.165, 1.54) is 36.9 Å². The first-order valence-electron chi connectivity index (χ1n) is 7.07. The number of aromatic hydroxyl groups is 1. The summed E-state index contributed by atoms with van der Waals surface area (Å²) in [4.78, 5) is 0. The molecule has 0 saturated heterocycles. The van der Waals surface area contributed by atoms with Gasteiger partial charge >= 0.3 is 0 Å². The lowest BCUT2D eigenvalue weighted by molar-refractivity contribution is 0.475. The third-order valence-corrected chi connectivity index (χ3v) is 4.13. The molecule has 2 aromatic rings. The van der Waals surface area contributed by atoms with Crippen molar-refractivity contribution in [2.24, 2.45) is 5.92 Å². The van der Waals surface area contributed by atoms with Gasteiger partial charge in [-0.2, -0.15) is 5.10 Å². The summed E-state index contributed by atoms with van der Waals surface area (Å²) in [6.45, 7) is 2.13. The van der Waals surface area contributed by atoms with Crippen molar-refractivity contribution in [3.63, 3.8) is 0 Å². The molecule has 1 fully saturated rings. The maximum atomic E-state index is 9.38. The number of hydrogen-bond acceptors (Lipinski definition) is 2. The molecule has 1 aliphatic rings. The highest BCUT2D eigenvalue weighted by molar-refractivity contribution is 5.38. The van der Waals surface area contributed by atoms with Crippen molar-refractivity contribution in [3.05, 3.63) is 41.7 Å². The van der Waals surface area contributed by atoms with Crippen LogP contribution >= 0.6 is 0 Å². The third-order valence-electron chi connectivity index (χ3n) is 4.13. The largest absolute Gasteiger partial charge is 0.508 e. The van der Waals surface area contributed by atoms with Crippen LogP contribution in [0.4, 0.5) is 0 Å². The predicted octanol–water partition coefficient (Wildman–Crippen LogP) is 3.62. The number of nitrogens with zero attached hydrogens (tertiary/aromatic N) is 2.